The van der Waals surface area contributed by atoms with E-state index in [1.165, 1.54) is 18.2 Å². The van der Waals surface area contributed by atoms with E-state index in [4.69, 9.17) is 23.2 Å². The number of nitrogens with one attached hydrogen (secondary N) is 4. The number of carbonyl (C=O) groups is 3. The molecule has 0 aliphatic rings. The largest absolute Gasteiger partial charge is 0.343 e. The minimum atomic E-state index is -0.447. The van der Waals surface area contributed by atoms with E-state index in [0.717, 1.165) is 0 Å². The molecule has 9 heteroatoms. The van der Waals surface area contributed by atoms with Crippen molar-refractivity contribution in [3.8, 4) is 0 Å². The van der Waals surface area contributed by atoms with Gasteiger partial charge in [-0.25, -0.2) is 4.79 Å². The molecule has 3 aromatic rings. The van der Waals surface area contributed by atoms with Crippen LogP contribution in [0, 0.1) is 0 Å². The minimum Gasteiger partial charge on any atom is -0.343 e. The lowest BCUT2D eigenvalue weighted by Gasteiger charge is -2.10. The van der Waals surface area contributed by atoms with Gasteiger partial charge >= 0.3 is 6.03 Å². The molecule has 7 nitrogen and oxygen atoms in total. The van der Waals surface area contributed by atoms with E-state index in [2.05, 4.69) is 21.3 Å². The fourth-order valence-corrected chi connectivity index (χ4v) is 2.86. The quantitative estimate of drug-likeness (QED) is 0.419. The second kappa shape index (κ2) is 10.5. The van der Waals surface area contributed by atoms with Gasteiger partial charge < -0.3 is 21.3 Å². The molecule has 3 aromatic carbocycles. The Balaban J connectivity index is 1.46. The summed E-state index contributed by atoms with van der Waals surface area (Å²) in [4.78, 5) is 36.2. The van der Waals surface area contributed by atoms with Crippen molar-refractivity contribution < 1.29 is 14.4 Å². The van der Waals surface area contributed by atoms with E-state index in [1.807, 2.05) is 18.2 Å². The van der Waals surface area contributed by atoms with Crippen molar-refractivity contribution in [1.29, 1.82) is 0 Å². The van der Waals surface area contributed by atoms with Crippen molar-refractivity contribution in [3.05, 3.63) is 88.4 Å². The van der Waals surface area contributed by atoms with Gasteiger partial charge in [0.1, 0.15) is 0 Å². The molecule has 0 aliphatic carbocycles. The Morgan fingerprint density at radius 1 is 0.677 bits per heavy atom. The summed E-state index contributed by atoms with van der Waals surface area (Å²) in [6.45, 7) is -0.224. The van der Waals surface area contributed by atoms with Gasteiger partial charge in [-0.05, 0) is 54.6 Å². The van der Waals surface area contributed by atoms with Crippen LogP contribution >= 0.6 is 23.2 Å². The molecule has 3 rings (SSSR count). The van der Waals surface area contributed by atoms with E-state index in [9.17, 15) is 14.4 Å². The summed E-state index contributed by atoms with van der Waals surface area (Å²) in [7, 11) is 0. The fraction of sp³-hybridized carbons (Fsp3) is 0.0455. The molecule has 0 saturated heterocycles. The number of rotatable bonds is 6. The molecule has 31 heavy (non-hydrogen) atoms. The first kappa shape index (κ1) is 22.1. The van der Waals surface area contributed by atoms with Gasteiger partial charge in [0.25, 0.3) is 5.91 Å². The molecule has 0 aliphatic heterocycles. The van der Waals surface area contributed by atoms with E-state index in [1.54, 1.807) is 36.4 Å². The van der Waals surface area contributed by atoms with Crippen molar-refractivity contribution in [1.82, 2.24) is 5.32 Å². The van der Waals surface area contributed by atoms with Gasteiger partial charge in [0.05, 0.1) is 16.6 Å². The van der Waals surface area contributed by atoms with Crippen LogP contribution in [0.4, 0.5) is 21.9 Å². The van der Waals surface area contributed by atoms with Crippen LogP contribution in [-0.2, 0) is 4.79 Å². The number of hydrogen-bond acceptors (Lipinski definition) is 3. The SMILES string of the molecule is O=C(CNC(=O)c1ccc(Cl)c(Cl)c1)Nc1ccc(NC(=O)Nc2ccccc2)cc1. The summed E-state index contributed by atoms with van der Waals surface area (Å²) in [5.74, 6) is -0.853. The van der Waals surface area contributed by atoms with Crippen LogP contribution in [0.2, 0.25) is 10.0 Å². The fourth-order valence-electron chi connectivity index (χ4n) is 2.56. The van der Waals surface area contributed by atoms with Crippen molar-refractivity contribution >= 4 is 58.1 Å². The standard InChI is InChI=1S/C22H18Cl2N4O3/c23-18-11-6-14(12-19(18)24)21(30)25-13-20(29)26-16-7-9-17(10-8-16)28-22(31)27-15-4-2-1-3-5-15/h1-12H,13H2,(H,25,30)(H,26,29)(H2,27,28,31). The van der Waals surface area contributed by atoms with Crippen molar-refractivity contribution in [2.45, 2.75) is 0 Å². The summed E-state index contributed by atoms with van der Waals surface area (Å²) >= 11 is 11.7. The monoisotopic (exact) mass is 456 g/mol. The first-order valence-electron chi connectivity index (χ1n) is 9.17. The highest BCUT2D eigenvalue weighted by Crippen LogP contribution is 2.22. The summed E-state index contributed by atoms with van der Waals surface area (Å²) in [5.41, 5.74) is 2.04. The summed E-state index contributed by atoms with van der Waals surface area (Å²) in [5, 5.41) is 11.2. The zero-order chi connectivity index (χ0) is 22.2. The number of hydrogen-bond donors (Lipinski definition) is 4. The first-order chi connectivity index (χ1) is 14.9. The van der Waals surface area contributed by atoms with E-state index in [0.29, 0.717) is 27.6 Å². The molecule has 0 fully saturated rings. The molecule has 158 valence electrons. The summed E-state index contributed by atoms with van der Waals surface area (Å²) in [6.07, 6.45) is 0. The van der Waals surface area contributed by atoms with Crippen molar-refractivity contribution in [2.24, 2.45) is 0 Å². The average Bonchev–Trinajstić information content (AvgIpc) is 2.76. The molecule has 0 bridgehead atoms. The number of carbonyl (C=O) groups excluding carboxylic acids is 3. The molecular weight excluding hydrogens is 439 g/mol. The number of amides is 4. The van der Waals surface area contributed by atoms with Crippen molar-refractivity contribution in [3.63, 3.8) is 0 Å². The van der Waals surface area contributed by atoms with E-state index >= 15 is 0 Å². The van der Waals surface area contributed by atoms with Gasteiger partial charge in [-0.1, -0.05) is 41.4 Å². The smallest absolute Gasteiger partial charge is 0.323 e. The van der Waals surface area contributed by atoms with Gasteiger partial charge in [-0.15, -0.1) is 0 Å². The Hall–Kier alpha value is -3.55. The van der Waals surface area contributed by atoms with Crippen LogP contribution in [-0.4, -0.2) is 24.4 Å². The van der Waals surface area contributed by atoms with Gasteiger partial charge in [-0.3, -0.25) is 9.59 Å². The molecule has 0 unspecified atom stereocenters. The minimum absolute atomic E-state index is 0.224. The lowest BCUT2D eigenvalue weighted by atomic mass is 10.2. The molecular formula is C22H18Cl2N4O3. The van der Waals surface area contributed by atoms with Gasteiger partial charge in [0, 0.05) is 22.6 Å². The van der Waals surface area contributed by atoms with Crippen LogP contribution in [0.15, 0.2) is 72.8 Å². The maximum absolute atomic E-state index is 12.1. The predicted molar refractivity (Wildman–Crippen MR) is 123 cm³/mol. The third kappa shape index (κ3) is 6.74. The molecule has 0 radical (unpaired) electrons. The maximum atomic E-state index is 12.1. The van der Waals surface area contributed by atoms with Crippen LogP contribution in [0.3, 0.4) is 0 Å². The highest BCUT2D eigenvalue weighted by Gasteiger charge is 2.10. The van der Waals surface area contributed by atoms with Gasteiger partial charge in [-0.2, -0.15) is 0 Å². The second-order valence-corrected chi connectivity index (χ2v) is 7.20. The molecule has 0 spiro atoms. The van der Waals surface area contributed by atoms with Crippen molar-refractivity contribution in [2.75, 3.05) is 22.5 Å². The first-order valence-corrected chi connectivity index (χ1v) is 9.92. The predicted octanol–water partition coefficient (Wildman–Crippen LogP) is 5.01. The molecule has 0 heterocycles. The number of para-hydroxylation sites is 1. The third-order valence-corrected chi connectivity index (χ3v) is 4.79. The highest BCUT2D eigenvalue weighted by molar-refractivity contribution is 6.42. The van der Waals surface area contributed by atoms with Crippen LogP contribution in [0.25, 0.3) is 0 Å². The highest BCUT2D eigenvalue weighted by atomic mass is 35.5. The number of urea groups is 1. The molecule has 0 aromatic heterocycles. The average molecular weight is 457 g/mol. The Kier molecular flexibility index (Phi) is 7.48. The zero-order valence-corrected chi connectivity index (χ0v) is 17.6. The van der Waals surface area contributed by atoms with Crippen LogP contribution in [0.1, 0.15) is 10.4 Å². The molecule has 4 amide bonds. The summed E-state index contributed by atoms with van der Waals surface area (Å²) in [6, 6.07) is 19.7. The normalized spacial score (nSPS) is 10.1. The second-order valence-electron chi connectivity index (χ2n) is 6.38. The lowest BCUT2D eigenvalue weighted by molar-refractivity contribution is -0.115. The zero-order valence-electron chi connectivity index (χ0n) is 16.1. The third-order valence-electron chi connectivity index (χ3n) is 4.05. The van der Waals surface area contributed by atoms with E-state index < -0.39 is 11.8 Å². The Morgan fingerprint density at radius 3 is 1.87 bits per heavy atom. The van der Waals surface area contributed by atoms with Gasteiger partial charge in [0.15, 0.2) is 0 Å². The summed E-state index contributed by atoms with van der Waals surface area (Å²) < 4.78 is 0. The Labute approximate surface area is 188 Å². The van der Waals surface area contributed by atoms with Crippen LogP contribution in [0.5, 0.6) is 0 Å². The maximum Gasteiger partial charge on any atom is 0.323 e. The Bertz CT molecular complexity index is 1090. The Morgan fingerprint density at radius 2 is 1.26 bits per heavy atom. The molecule has 0 saturated carbocycles. The number of anilines is 3. The molecule has 0 atom stereocenters. The van der Waals surface area contributed by atoms with Gasteiger partial charge in [0.2, 0.25) is 5.91 Å². The number of benzene rings is 3. The topological polar surface area (TPSA) is 99.3 Å². The van der Waals surface area contributed by atoms with Crippen LogP contribution < -0.4 is 21.3 Å². The lowest BCUT2D eigenvalue weighted by Crippen LogP contribution is -2.32. The van der Waals surface area contributed by atoms with E-state index in [-0.39, 0.29) is 17.6 Å². The number of halogens is 2. The molecule has 4 N–H and O–H groups in total.